The highest BCUT2D eigenvalue weighted by Crippen LogP contribution is 2.37. The standard InChI is InChI=1S/C15H22F2N2O2/c1-9-5-11(9)8-19-12(7-18)10-3-4-13(20-2)14(6-10)21-15(16)17/h3-4,6,9,11-12,15,19H,5,7-8,18H2,1-2H3. The molecular weight excluding hydrogens is 278 g/mol. The number of rotatable bonds is 8. The first-order valence-electron chi connectivity index (χ1n) is 7.11. The molecule has 4 nitrogen and oxygen atoms in total. The lowest BCUT2D eigenvalue weighted by Gasteiger charge is -2.19. The maximum absolute atomic E-state index is 12.4. The van der Waals surface area contributed by atoms with Crippen molar-refractivity contribution in [1.82, 2.24) is 5.32 Å². The van der Waals surface area contributed by atoms with E-state index in [1.54, 1.807) is 12.1 Å². The summed E-state index contributed by atoms with van der Waals surface area (Å²) in [6, 6.07) is 4.92. The van der Waals surface area contributed by atoms with Gasteiger partial charge in [-0.05, 0) is 42.5 Å². The first-order valence-corrected chi connectivity index (χ1v) is 7.11. The Kier molecular flexibility index (Phi) is 5.36. The third kappa shape index (κ3) is 4.28. The van der Waals surface area contributed by atoms with Crippen molar-refractivity contribution in [1.29, 1.82) is 0 Å². The Morgan fingerprint density at radius 3 is 2.62 bits per heavy atom. The van der Waals surface area contributed by atoms with Crippen LogP contribution in [-0.4, -0.2) is 26.8 Å². The molecule has 0 spiro atoms. The highest BCUT2D eigenvalue weighted by atomic mass is 19.3. The lowest BCUT2D eigenvalue weighted by atomic mass is 10.1. The first-order chi connectivity index (χ1) is 10.0. The lowest BCUT2D eigenvalue weighted by molar-refractivity contribution is -0.0512. The van der Waals surface area contributed by atoms with E-state index in [2.05, 4.69) is 17.0 Å². The molecule has 21 heavy (non-hydrogen) atoms. The fourth-order valence-electron chi connectivity index (χ4n) is 2.41. The monoisotopic (exact) mass is 300 g/mol. The Bertz CT molecular complexity index is 471. The van der Waals surface area contributed by atoms with E-state index in [9.17, 15) is 8.78 Å². The van der Waals surface area contributed by atoms with Gasteiger partial charge in [0.15, 0.2) is 11.5 Å². The van der Waals surface area contributed by atoms with Crippen molar-refractivity contribution in [2.45, 2.75) is 26.0 Å². The number of hydrogen-bond donors (Lipinski definition) is 2. The Labute approximate surface area is 123 Å². The van der Waals surface area contributed by atoms with Crippen molar-refractivity contribution < 1.29 is 18.3 Å². The van der Waals surface area contributed by atoms with Crippen LogP contribution in [0.3, 0.4) is 0 Å². The first kappa shape index (κ1) is 16.0. The van der Waals surface area contributed by atoms with Gasteiger partial charge in [-0.15, -0.1) is 0 Å². The quantitative estimate of drug-likeness (QED) is 0.774. The predicted octanol–water partition coefficient (Wildman–Crippen LogP) is 2.54. The van der Waals surface area contributed by atoms with Gasteiger partial charge in [-0.2, -0.15) is 8.78 Å². The van der Waals surface area contributed by atoms with Crippen molar-refractivity contribution in [3.63, 3.8) is 0 Å². The number of methoxy groups -OCH3 is 1. The summed E-state index contributed by atoms with van der Waals surface area (Å²) >= 11 is 0. The molecule has 6 heteroatoms. The van der Waals surface area contributed by atoms with Gasteiger partial charge in [-0.3, -0.25) is 0 Å². The second-order valence-corrected chi connectivity index (χ2v) is 5.46. The maximum atomic E-state index is 12.4. The third-order valence-electron chi connectivity index (χ3n) is 3.94. The summed E-state index contributed by atoms with van der Waals surface area (Å²) in [7, 11) is 1.42. The van der Waals surface area contributed by atoms with Gasteiger partial charge in [-0.25, -0.2) is 0 Å². The molecule has 1 saturated carbocycles. The second kappa shape index (κ2) is 7.04. The van der Waals surface area contributed by atoms with E-state index < -0.39 is 6.61 Å². The van der Waals surface area contributed by atoms with Crippen LogP contribution in [-0.2, 0) is 0 Å². The zero-order chi connectivity index (χ0) is 15.4. The average Bonchev–Trinajstić information content (AvgIpc) is 3.15. The van der Waals surface area contributed by atoms with Gasteiger partial charge in [0.1, 0.15) is 0 Å². The molecule has 1 aliphatic carbocycles. The van der Waals surface area contributed by atoms with Crippen LogP contribution in [0, 0.1) is 11.8 Å². The molecule has 3 N–H and O–H groups in total. The molecule has 3 atom stereocenters. The molecule has 1 aromatic rings. The molecule has 1 aromatic carbocycles. The SMILES string of the molecule is COc1ccc(C(CN)NCC2CC2C)cc1OC(F)F. The van der Waals surface area contributed by atoms with Crippen LogP contribution in [0.1, 0.15) is 24.9 Å². The molecule has 2 rings (SSSR count). The average molecular weight is 300 g/mol. The zero-order valence-electron chi connectivity index (χ0n) is 12.3. The van der Waals surface area contributed by atoms with Gasteiger partial charge in [0, 0.05) is 12.6 Å². The largest absolute Gasteiger partial charge is 0.493 e. The maximum Gasteiger partial charge on any atom is 0.387 e. The zero-order valence-corrected chi connectivity index (χ0v) is 12.3. The molecule has 1 aliphatic rings. The summed E-state index contributed by atoms with van der Waals surface area (Å²) in [4.78, 5) is 0. The molecule has 0 aliphatic heterocycles. The van der Waals surface area contributed by atoms with Gasteiger partial charge < -0.3 is 20.5 Å². The van der Waals surface area contributed by atoms with Crippen molar-refractivity contribution >= 4 is 0 Å². The number of nitrogens with one attached hydrogen (secondary N) is 1. The Hall–Kier alpha value is -1.40. The molecule has 0 aromatic heterocycles. The molecule has 3 unspecified atom stereocenters. The molecule has 0 radical (unpaired) electrons. The smallest absolute Gasteiger partial charge is 0.387 e. The number of benzene rings is 1. The van der Waals surface area contributed by atoms with Crippen LogP contribution in [0.2, 0.25) is 0 Å². The summed E-state index contributed by atoms with van der Waals surface area (Å²) in [6.45, 7) is 0.610. The van der Waals surface area contributed by atoms with E-state index >= 15 is 0 Å². The summed E-state index contributed by atoms with van der Waals surface area (Å²) in [5.74, 6) is 1.76. The summed E-state index contributed by atoms with van der Waals surface area (Å²) < 4.78 is 34.4. The van der Waals surface area contributed by atoms with Gasteiger partial charge in [0.25, 0.3) is 0 Å². The summed E-state index contributed by atoms with van der Waals surface area (Å²) in [5.41, 5.74) is 6.61. The minimum absolute atomic E-state index is 0.0324. The van der Waals surface area contributed by atoms with Gasteiger partial charge >= 0.3 is 6.61 Å². The predicted molar refractivity (Wildman–Crippen MR) is 76.7 cm³/mol. The number of halogens is 2. The minimum Gasteiger partial charge on any atom is -0.493 e. The van der Waals surface area contributed by atoms with Crippen LogP contribution < -0.4 is 20.5 Å². The number of alkyl halides is 2. The van der Waals surface area contributed by atoms with Crippen LogP contribution in [0.25, 0.3) is 0 Å². The molecule has 0 saturated heterocycles. The minimum atomic E-state index is -2.88. The van der Waals surface area contributed by atoms with E-state index in [-0.39, 0.29) is 17.5 Å². The number of hydrogen-bond acceptors (Lipinski definition) is 4. The topological polar surface area (TPSA) is 56.5 Å². The van der Waals surface area contributed by atoms with E-state index in [0.717, 1.165) is 18.0 Å². The van der Waals surface area contributed by atoms with Gasteiger partial charge in [0.05, 0.1) is 7.11 Å². The van der Waals surface area contributed by atoms with Gasteiger partial charge in [0.2, 0.25) is 0 Å². The van der Waals surface area contributed by atoms with E-state index in [0.29, 0.717) is 12.5 Å². The van der Waals surface area contributed by atoms with Crippen LogP contribution in [0.15, 0.2) is 18.2 Å². The number of nitrogens with two attached hydrogens (primary N) is 1. The second-order valence-electron chi connectivity index (χ2n) is 5.46. The van der Waals surface area contributed by atoms with Crippen molar-refractivity contribution in [3.8, 4) is 11.5 Å². The summed E-state index contributed by atoms with van der Waals surface area (Å²) in [6.07, 6.45) is 1.23. The van der Waals surface area contributed by atoms with Crippen molar-refractivity contribution in [2.24, 2.45) is 17.6 Å². The lowest BCUT2D eigenvalue weighted by Crippen LogP contribution is -2.30. The van der Waals surface area contributed by atoms with Crippen molar-refractivity contribution in [2.75, 3.05) is 20.2 Å². The molecule has 0 amide bonds. The highest BCUT2D eigenvalue weighted by molar-refractivity contribution is 5.44. The molecule has 0 bridgehead atoms. The molecule has 1 fully saturated rings. The van der Waals surface area contributed by atoms with E-state index in [1.807, 2.05) is 6.07 Å². The fourth-order valence-corrected chi connectivity index (χ4v) is 2.41. The third-order valence-corrected chi connectivity index (χ3v) is 3.94. The highest BCUT2D eigenvalue weighted by Gasteiger charge is 2.32. The molecule has 0 heterocycles. The van der Waals surface area contributed by atoms with Gasteiger partial charge in [-0.1, -0.05) is 13.0 Å². The Balaban J connectivity index is 2.08. The molecule has 118 valence electrons. The fraction of sp³-hybridized carbons (Fsp3) is 0.600. The Morgan fingerprint density at radius 2 is 2.10 bits per heavy atom. The van der Waals surface area contributed by atoms with Crippen molar-refractivity contribution in [3.05, 3.63) is 23.8 Å². The normalized spacial score (nSPS) is 22.2. The van der Waals surface area contributed by atoms with E-state index in [1.165, 1.54) is 13.5 Å². The van der Waals surface area contributed by atoms with E-state index in [4.69, 9.17) is 10.5 Å². The van der Waals surface area contributed by atoms with Crippen LogP contribution in [0.5, 0.6) is 11.5 Å². The number of ether oxygens (including phenoxy) is 2. The van der Waals surface area contributed by atoms with Crippen LogP contribution in [0.4, 0.5) is 8.78 Å². The summed E-state index contributed by atoms with van der Waals surface area (Å²) in [5, 5.41) is 3.39. The van der Waals surface area contributed by atoms with Crippen LogP contribution >= 0.6 is 0 Å². The molecular formula is C15H22F2N2O2. The Morgan fingerprint density at radius 1 is 1.38 bits per heavy atom.